The molecule has 0 spiro atoms. The van der Waals surface area contributed by atoms with Gasteiger partial charge >= 0.3 is 0 Å². The van der Waals surface area contributed by atoms with Crippen LogP contribution in [0.3, 0.4) is 0 Å². The molecule has 0 aliphatic carbocycles. The number of aromatic nitrogens is 1. The Bertz CT molecular complexity index is 314. The quantitative estimate of drug-likeness (QED) is 0.623. The zero-order valence-corrected chi connectivity index (χ0v) is 10.3. The fraction of sp³-hybridized carbons (Fsp3) is 0.583. The first-order chi connectivity index (χ1) is 8.31. The highest BCUT2D eigenvalue weighted by Crippen LogP contribution is 2.16. The van der Waals surface area contributed by atoms with Gasteiger partial charge in [-0.25, -0.2) is 4.98 Å². The predicted molar refractivity (Wildman–Crippen MR) is 69.4 cm³/mol. The lowest BCUT2D eigenvalue weighted by atomic mass is 10.3. The maximum Gasteiger partial charge on any atom is 0.127 e. The first-order valence-electron chi connectivity index (χ1n) is 5.98. The van der Waals surface area contributed by atoms with Crippen LogP contribution < -0.4 is 10.2 Å². The van der Waals surface area contributed by atoms with Gasteiger partial charge in [0.15, 0.2) is 0 Å². The number of nitrogens with one attached hydrogen (secondary N) is 1. The Balaban J connectivity index is 2.72. The Labute approximate surface area is 102 Å². The van der Waals surface area contributed by atoms with Crippen LogP contribution in [-0.4, -0.2) is 48.0 Å². The van der Waals surface area contributed by atoms with Gasteiger partial charge in [0.2, 0.25) is 0 Å². The van der Waals surface area contributed by atoms with Gasteiger partial charge in [0.1, 0.15) is 5.82 Å². The third-order valence-electron chi connectivity index (χ3n) is 2.40. The largest absolute Gasteiger partial charge is 0.395 e. The summed E-state index contributed by atoms with van der Waals surface area (Å²) in [4.78, 5) is 6.15. The highest BCUT2D eigenvalue weighted by atomic mass is 16.3. The molecular weight excluding hydrogens is 218 g/mol. The molecule has 96 valence electrons. The standard InChI is InChI=1S/C12H21N3O2/c1-2-4-13-12-10-11(3-5-14-12)15(6-8-16)7-9-17/h3,5,10,16-17H,2,4,6-9H2,1H3,(H,13,14). The van der Waals surface area contributed by atoms with Crippen LogP contribution in [0.5, 0.6) is 0 Å². The lowest BCUT2D eigenvalue weighted by Crippen LogP contribution is -2.29. The minimum absolute atomic E-state index is 0.0695. The number of nitrogens with zero attached hydrogens (tertiary/aromatic N) is 2. The molecule has 0 aliphatic heterocycles. The summed E-state index contributed by atoms with van der Waals surface area (Å²) in [6.07, 6.45) is 2.78. The van der Waals surface area contributed by atoms with E-state index < -0.39 is 0 Å². The van der Waals surface area contributed by atoms with Gasteiger partial charge < -0.3 is 20.4 Å². The van der Waals surface area contributed by atoms with E-state index >= 15 is 0 Å². The van der Waals surface area contributed by atoms with Crippen molar-refractivity contribution in [2.75, 3.05) is 43.1 Å². The van der Waals surface area contributed by atoms with E-state index in [9.17, 15) is 0 Å². The SMILES string of the molecule is CCCNc1cc(N(CCO)CCO)ccn1. The zero-order chi connectivity index (χ0) is 12.5. The molecule has 0 atom stereocenters. The molecule has 1 aromatic heterocycles. The van der Waals surface area contributed by atoms with Crippen molar-refractivity contribution in [3.63, 3.8) is 0 Å². The molecule has 17 heavy (non-hydrogen) atoms. The smallest absolute Gasteiger partial charge is 0.127 e. The number of rotatable bonds is 8. The van der Waals surface area contributed by atoms with Gasteiger partial charge in [0, 0.05) is 37.6 Å². The fourth-order valence-corrected chi connectivity index (χ4v) is 1.58. The normalized spacial score (nSPS) is 10.3. The molecule has 0 radical (unpaired) electrons. The van der Waals surface area contributed by atoms with E-state index in [0.29, 0.717) is 13.1 Å². The van der Waals surface area contributed by atoms with Crippen LogP contribution in [-0.2, 0) is 0 Å². The average molecular weight is 239 g/mol. The molecule has 1 rings (SSSR count). The van der Waals surface area contributed by atoms with Crippen LogP contribution in [0.4, 0.5) is 11.5 Å². The lowest BCUT2D eigenvalue weighted by Gasteiger charge is -2.23. The number of anilines is 2. The lowest BCUT2D eigenvalue weighted by molar-refractivity contribution is 0.281. The summed E-state index contributed by atoms with van der Waals surface area (Å²) < 4.78 is 0. The minimum atomic E-state index is 0.0695. The summed E-state index contributed by atoms with van der Waals surface area (Å²) in [6, 6.07) is 3.81. The van der Waals surface area contributed by atoms with Gasteiger partial charge in [-0.3, -0.25) is 0 Å². The molecule has 0 amide bonds. The summed E-state index contributed by atoms with van der Waals surface area (Å²) in [6.45, 7) is 4.15. The van der Waals surface area contributed by atoms with Gasteiger partial charge in [-0.2, -0.15) is 0 Å². The van der Waals surface area contributed by atoms with Crippen LogP contribution in [0.2, 0.25) is 0 Å². The van der Waals surface area contributed by atoms with Gasteiger partial charge in [0.25, 0.3) is 0 Å². The van der Waals surface area contributed by atoms with E-state index in [1.807, 2.05) is 17.0 Å². The van der Waals surface area contributed by atoms with E-state index in [4.69, 9.17) is 10.2 Å². The monoisotopic (exact) mass is 239 g/mol. The molecule has 1 heterocycles. The fourth-order valence-electron chi connectivity index (χ4n) is 1.58. The van der Waals surface area contributed by atoms with Crippen LogP contribution in [0.15, 0.2) is 18.3 Å². The molecule has 5 nitrogen and oxygen atoms in total. The molecule has 0 unspecified atom stereocenters. The summed E-state index contributed by atoms with van der Waals surface area (Å²) in [7, 11) is 0. The molecule has 0 fully saturated rings. The van der Waals surface area contributed by atoms with Crippen molar-refractivity contribution < 1.29 is 10.2 Å². The number of hydrogen-bond donors (Lipinski definition) is 3. The third kappa shape index (κ3) is 4.58. The van der Waals surface area contributed by atoms with Crippen molar-refractivity contribution in [1.82, 2.24) is 4.98 Å². The van der Waals surface area contributed by atoms with E-state index in [1.54, 1.807) is 6.20 Å². The summed E-state index contributed by atoms with van der Waals surface area (Å²) in [5, 5.41) is 21.2. The van der Waals surface area contributed by atoms with Gasteiger partial charge in [-0.15, -0.1) is 0 Å². The average Bonchev–Trinajstić information content (AvgIpc) is 2.36. The van der Waals surface area contributed by atoms with Gasteiger partial charge in [-0.05, 0) is 12.5 Å². The first-order valence-corrected chi connectivity index (χ1v) is 5.98. The molecule has 1 aromatic rings. The van der Waals surface area contributed by atoms with E-state index in [-0.39, 0.29) is 13.2 Å². The van der Waals surface area contributed by atoms with Crippen LogP contribution >= 0.6 is 0 Å². The van der Waals surface area contributed by atoms with Crippen molar-refractivity contribution in [2.24, 2.45) is 0 Å². The van der Waals surface area contributed by atoms with Crippen molar-refractivity contribution in [2.45, 2.75) is 13.3 Å². The van der Waals surface area contributed by atoms with Crippen LogP contribution in [0.25, 0.3) is 0 Å². The molecule has 0 aliphatic rings. The summed E-state index contributed by atoms with van der Waals surface area (Å²) >= 11 is 0. The zero-order valence-electron chi connectivity index (χ0n) is 10.3. The highest BCUT2D eigenvalue weighted by Gasteiger charge is 2.06. The van der Waals surface area contributed by atoms with E-state index in [1.165, 1.54) is 0 Å². The Morgan fingerprint density at radius 2 is 2.00 bits per heavy atom. The van der Waals surface area contributed by atoms with E-state index in [2.05, 4.69) is 17.2 Å². The topological polar surface area (TPSA) is 68.6 Å². The molecule has 0 saturated carbocycles. The predicted octanol–water partition coefficient (Wildman–Crippen LogP) is 0.695. The number of hydrogen-bond acceptors (Lipinski definition) is 5. The summed E-state index contributed by atoms with van der Waals surface area (Å²) in [5.74, 6) is 0.824. The van der Waals surface area contributed by atoms with Crippen molar-refractivity contribution >= 4 is 11.5 Å². The van der Waals surface area contributed by atoms with Gasteiger partial charge in [-0.1, -0.05) is 6.92 Å². The maximum atomic E-state index is 8.98. The maximum absolute atomic E-state index is 8.98. The van der Waals surface area contributed by atoms with Gasteiger partial charge in [0.05, 0.1) is 13.2 Å². The van der Waals surface area contributed by atoms with Crippen molar-refractivity contribution in [1.29, 1.82) is 0 Å². The third-order valence-corrected chi connectivity index (χ3v) is 2.40. The second-order valence-electron chi connectivity index (χ2n) is 3.76. The molecule has 0 saturated heterocycles. The van der Waals surface area contributed by atoms with Crippen molar-refractivity contribution in [3.05, 3.63) is 18.3 Å². The molecule has 3 N–H and O–H groups in total. The van der Waals surface area contributed by atoms with Crippen molar-refractivity contribution in [3.8, 4) is 0 Å². The van der Waals surface area contributed by atoms with Crippen LogP contribution in [0.1, 0.15) is 13.3 Å². The Hall–Kier alpha value is -1.33. The Kier molecular flexibility index (Phi) is 6.35. The van der Waals surface area contributed by atoms with Crippen LogP contribution in [0, 0.1) is 0 Å². The van der Waals surface area contributed by atoms with E-state index in [0.717, 1.165) is 24.5 Å². The highest BCUT2D eigenvalue weighted by molar-refractivity contribution is 5.53. The molecule has 0 bridgehead atoms. The second kappa shape index (κ2) is 7.86. The number of pyridine rings is 1. The molecule has 0 aromatic carbocycles. The second-order valence-corrected chi connectivity index (χ2v) is 3.76. The minimum Gasteiger partial charge on any atom is -0.395 e. The number of aliphatic hydroxyl groups excluding tert-OH is 2. The summed E-state index contributed by atoms with van der Waals surface area (Å²) in [5.41, 5.74) is 0.960. The Morgan fingerprint density at radius 3 is 2.59 bits per heavy atom. The Morgan fingerprint density at radius 1 is 1.29 bits per heavy atom. The molecule has 5 heteroatoms. The first kappa shape index (κ1) is 13.7. The number of aliphatic hydroxyl groups is 2. The molecular formula is C12H21N3O2.